The minimum atomic E-state index is -0.360. The van der Waals surface area contributed by atoms with Gasteiger partial charge in [-0.05, 0) is 38.8 Å². The molecule has 0 atom stereocenters. The minimum Gasteiger partial charge on any atom is -0.384 e. The summed E-state index contributed by atoms with van der Waals surface area (Å²) in [6.45, 7) is 5.24. The predicted octanol–water partition coefficient (Wildman–Crippen LogP) is 0.130. The van der Waals surface area contributed by atoms with E-state index in [9.17, 15) is 9.59 Å². The second-order valence-electron chi connectivity index (χ2n) is 6.23. The van der Waals surface area contributed by atoms with E-state index in [1.807, 2.05) is 4.90 Å². The molecule has 2 fully saturated rings. The summed E-state index contributed by atoms with van der Waals surface area (Å²) in [6, 6.07) is 0.206. The molecule has 2 amide bonds. The van der Waals surface area contributed by atoms with Gasteiger partial charge in [0.25, 0.3) is 0 Å². The Morgan fingerprint density at radius 2 is 1.90 bits per heavy atom. The molecule has 0 saturated carbocycles. The smallest absolute Gasteiger partial charge is 0.231 e. The number of nitrogens with one attached hydrogen (secondary N) is 2. The summed E-state index contributed by atoms with van der Waals surface area (Å²) in [5, 5.41) is 6.25. The maximum absolute atomic E-state index is 12.9. The van der Waals surface area contributed by atoms with Gasteiger partial charge in [0, 0.05) is 33.2 Å². The van der Waals surface area contributed by atoms with Gasteiger partial charge in [-0.2, -0.15) is 0 Å². The third kappa shape index (κ3) is 3.95. The van der Waals surface area contributed by atoms with E-state index < -0.39 is 0 Å². The SMILES string of the molecule is COCC1(C(=O)N2CCC(NC(C)=O)CC2)CCNCC1. The van der Waals surface area contributed by atoms with Crippen molar-refractivity contribution in [1.29, 1.82) is 0 Å². The number of carbonyl (C=O) groups is 2. The summed E-state index contributed by atoms with van der Waals surface area (Å²) in [5.41, 5.74) is -0.360. The quantitative estimate of drug-likeness (QED) is 0.774. The second-order valence-corrected chi connectivity index (χ2v) is 6.23. The number of hydrogen-bond acceptors (Lipinski definition) is 4. The second kappa shape index (κ2) is 7.22. The Labute approximate surface area is 126 Å². The van der Waals surface area contributed by atoms with Crippen molar-refractivity contribution >= 4 is 11.8 Å². The van der Waals surface area contributed by atoms with Crippen LogP contribution in [0.25, 0.3) is 0 Å². The molecule has 0 radical (unpaired) electrons. The molecule has 0 spiro atoms. The zero-order valence-corrected chi connectivity index (χ0v) is 13.1. The lowest BCUT2D eigenvalue weighted by atomic mass is 9.78. The molecular weight excluding hydrogens is 270 g/mol. The predicted molar refractivity (Wildman–Crippen MR) is 79.8 cm³/mol. The van der Waals surface area contributed by atoms with Gasteiger partial charge < -0.3 is 20.3 Å². The Bertz CT molecular complexity index is 367. The Kier molecular flexibility index (Phi) is 5.58. The van der Waals surface area contributed by atoms with E-state index in [0.717, 1.165) is 51.9 Å². The first-order valence-electron chi connectivity index (χ1n) is 7.83. The molecule has 0 aromatic heterocycles. The molecule has 6 nitrogen and oxygen atoms in total. The van der Waals surface area contributed by atoms with Crippen molar-refractivity contribution < 1.29 is 14.3 Å². The van der Waals surface area contributed by atoms with Crippen LogP contribution in [0, 0.1) is 5.41 Å². The van der Waals surface area contributed by atoms with Crippen LogP contribution in [0.2, 0.25) is 0 Å². The van der Waals surface area contributed by atoms with Crippen LogP contribution in [0.5, 0.6) is 0 Å². The van der Waals surface area contributed by atoms with Gasteiger partial charge >= 0.3 is 0 Å². The summed E-state index contributed by atoms with van der Waals surface area (Å²) in [4.78, 5) is 26.0. The summed E-state index contributed by atoms with van der Waals surface area (Å²) < 4.78 is 5.34. The Morgan fingerprint density at radius 3 is 2.43 bits per heavy atom. The first-order chi connectivity index (χ1) is 10.1. The van der Waals surface area contributed by atoms with E-state index >= 15 is 0 Å². The maximum atomic E-state index is 12.9. The molecule has 0 aromatic rings. The van der Waals surface area contributed by atoms with Crippen LogP contribution in [-0.2, 0) is 14.3 Å². The van der Waals surface area contributed by atoms with Gasteiger partial charge in [-0.15, -0.1) is 0 Å². The Morgan fingerprint density at radius 1 is 1.29 bits per heavy atom. The molecule has 0 bridgehead atoms. The number of likely N-dealkylation sites (tertiary alicyclic amines) is 1. The van der Waals surface area contributed by atoms with Crippen molar-refractivity contribution in [2.75, 3.05) is 39.9 Å². The summed E-state index contributed by atoms with van der Waals surface area (Å²) >= 11 is 0. The average Bonchev–Trinajstić information content (AvgIpc) is 2.48. The Balaban J connectivity index is 1.94. The molecule has 2 saturated heterocycles. The minimum absolute atomic E-state index is 0.00832. The number of methoxy groups -OCH3 is 1. The van der Waals surface area contributed by atoms with Gasteiger partial charge in [0.1, 0.15) is 0 Å². The molecule has 2 N–H and O–H groups in total. The van der Waals surface area contributed by atoms with E-state index in [1.54, 1.807) is 14.0 Å². The standard InChI is InChI=1S/C15H27N3O3/c1-12(19)17-13-3-9-18(10-4-13)14(20)15(11-21-2)5-7-16-8-6-15/h13,16H,3-11H2,1-2H3,(H,17,19). The first kappa shape index (κ1) is 16.2. The molecule has 2 aliphatic rings. The summed E-state index contributed by atoms with van der Waals surface area (Å²) in [5.74, 6) is 0.237. The highest BCUT2D eigenvalue weighted by atomic mass is 16.5. The fourth-order valence-electron chi connectivity index (χ4n) is 3.45. The summed E-state index contributed by atoms with van der Waals surface area (Å²) in [7, 11) is 1.67. The molecule has 21 heavy (non-hydrogen) atoms. The van der Waals surface area contributed by atoms with E-state index in [4.69, 9.17) is 4.74 Å². The molecule has 0 aliphatic carbocycles. The first-order valence-corrected chi connectivity index (χ1v) is 7.83. The molecule has 2 rings (SSSR count). The zero-order valence-electron chi connectivity index (χ0n) is 13.1. The van der Waals surface area contributed by atoms with Crippen LogP contribution in [0.1, 0.15) is 32.6 Å². The molecular formula is C15H27N3O3. The van der Waals surface area contributed by atoms with Crippen LogP contribution < -0.4 is 10.6 Å². The highest BCUT2D eigenvalue weighted by Gasteiger charge is 2.42. The number of ether oxygens (including phenoxy) is 1. The van der Waals surface area contributed by atoms with Gasteiger partial charge in [0.05, 0.1) is 12.0 Å². The molecule has 0 unspecified atom stereocenters. The van der Waals surface area contributed by atoms with Gasteiger partial charge in [-0.25, -0.2) is 0 Å². The number of nitrogens with zero attached hydrogens (tertiary/aromatic N) is 1. The zero-order chi connectivity index (χ0) is 15.3. The molecule has 0 aromatic carbocycles. The average molecular weight is 297 g/mol. The summed E-state index contributed by atoms with van der Waals surface area (Å²) in [6.07, 6.45) is 3.36. The van der Waals surface area contributed by atoms with Gasteiger partial charge in [-0.3, -0.25) is 9.59 Å². The van der Waals surface area contributed by atoms with Gasteiger partial charge in [-0.1, -0.05) is 0 Å². The topological polar surface area (TPSA) is 70.7 Å². The van der Waals surface area contributed by atoms with Crippen molar-refractivity contribution in [1.82, 2.24) is 15.5 Å². The van der Waals surface area contributed by atoms with Crippen LogP contribution >= 0.6 is 0 Å². The van der Waals surface area contributed by atoms with Crippen molar-refractivity contribution in [3.63, 3.8) is 0 Å². The Hall–Kier alpha value is -1.14. The number of hydrogen-bond donors (Lipinski definition) is 2. The lowest BCUT2D eigenvalue weighted by Gasteiger charge is -2.42. The van der Waals surface area contributed by atoms with Crippen molar-refractivity contribution in [3.05, 3.63) is 0 Å². The monoisotopic (exact) mass is 297 g/mol. The highest BCUT2D eigenvalue weighted by molar-refractivity contribution is 5.83. The van der Waals surface area contributed by atoms with E-state index in [2.05, 4.69) is 10.6 Å². The van der Waals surface area contributed by atoms with Crippen molar-refractivity contribution in [2.24, 2.45) is 5.41 Å². The lowest BCUT2D eigenvalue weighted by Crippen LogP contribution is -2.54. The molecule has 2 aliphatic heterocycles. The van der Waals surface area contributed by atoms with Gasteiger partial charge in [0.15, 0.2) is 0 Å². The third-order valence-corrected chi connectivity index (χ3v) is 4.62. The van der Waals surface area contributed by atoms with Gasteiger partial charge in [0.2, 0.25) is 11.8 Å². The highest BCUT2D eigenvalue weighted by Crippen LogP contribution is 2.32. The van der Waals surface area contributed by atoms with Crippen LogP contribution in [0.4, 0.5) is 0 Å². The third-order valence-electron chi connectivity index (χ3n) is 4.62. The van der Waals surface area contributed by atoms with Crippen LogP contribution in [0.3, 0.4) is 0 Å². The van der Waals surface area contributed by atoms with E-state index in [0.29, 0.717) is 6.61 Å². The number of amides is 2. The maximum Gasteiger partial charge on any atom is 0.231 e. The van der Waals surface area contributed by atoms with E-state index in [1.165, 1.54) is 0 Å². The molecule has 120 valence electrons. The van der Waals surface area contributed by atoms with E-state index in [-0.39, 0.29) is 23.3 Å². The molecule has 2 heterocycles. The van der Waals surface area contributed by atoms with Crippen LogP contribution in [0.15, 0.2) is 0 Å². The van der Waals surface area contributed by atoms with Crippen molar-refractivity contribution in [3.8, 4) is 0 Å². The van der Waals surface area contributed by atoms with Crippen LogP contribution in [-0.4, -0.2) is 62.7 Å². The fourth-order valence-corrected chi connectivity index (χ4v) is 3.45. The lowest BCUT2D eigenvalue weighted by molar-refractivity contribution is -0.148. The van der Waals surface area contributed by atoms with Crippen molar-refractivity contribution in [2.45, 2.75) is 38.6 Å². The number of rotatable bonds is 4. The normalized spacial score (nSPS) is 22.9. The largest absolute Gasteiger partial charge is 0.384 e. The fraction of sp³-hybridized carbons (Fsp3) is 0.867. The molecule has 6 heteroatoms. The number of piperidine rings is 2. The number of carbonyl (C=O) groups excluding carboxylic acids is 2.